The van der Waals surface area contributed by atoms with E-state index in [-0.39, 0.29) is 0 Å². The summed E-state index contributed by atoms with van der Waals surface area (Å²) in [7, 11) is 4.18. The van der Waals surface area contributed by atoms with Crippen LogP contribution in [0.1, 0.15) is 31.0 Å². The minimum absolute atomic E-state index is 0.371. The topological polar surface area (TPSA) is 35.7 Å². The zero-order chi connectivity index (χ0) is 15.4. The molecule has 0 amide bonds. The zero-order valence-corrected chi connectivity index (χ0v) is 14.0. The van der Waals surface area contributed by atoms with Crippen LogP contribution in [0, 0.1) is 0 Å². The van der Waals surface area contributed by atoms with Gasteiger partial charge >= 0.3 is 0 Å². The van der Waals surface area contributed by atoms with Crippen molar-refractivity contribution in [3.8, 4) is 0 Å². The molecule has 2 rings (SSSR count). The smallest absolute Gasteiger partial charge is 0.0478 e. The fourth-order valence-electron chi connectivity index (χ4n) is 3.16. The van der Waals surface area contributed by atoms with Crippen LogP contribution in [0.5, 0.6) is 0 Å². The van der Waals surface area contributed by atoms with Gasteiger partial charge in [-0.15, -0.1) is 0 Å². The maximum atomic E-state index is 6.07. The molecule has 0 saturated heterocycles. The Kier molecular flexibility index (Phi) is 5.62. The number of nitrogens with two attached hydrogens (primary N) is 1. The van der Waals surface area contributed by atoms with Gasteiger partial charge in [0.05, 0.1) is 0 Å². The van der Waals surface area contributed by atoms with E-state index in [2.05, 4.69) is 60.8 Å². The number of likely N-dealkylation sites (N-methyl/N-ethyl adjacent to an activating group) is 1. The number of benzene rings is 1. The van der Waals surface area contributed by atoms with Crippen molar-refractivity contribution in [2.75, 3.05) is 51.7 Å². The van der Waals surface area contributed by atoms with Crippen LogP contribution in [-0.4, -0.2) is 56.6 Å². The van der Waals surface area contributed by atoms with Gasteiger partial charge in [-0.25, -0.2) is 0 Å². The standard InChI is InChI=1S/C17H30N4/c1-5-20(6-2)9-10-21-13-14-7-8-15(19(3)4)11-16(14)17(21)12-18/h7-8,11,17H,5-6,9-10,12-13,18H2,1-4H3. The number of nitrogens with zero attached hydrogens (tertiary/aromatic N) is 3. The van der Waals surface area contributed by atoms with Gasteiger partial charge in [0.15, 0.2) is 0 Å². The van der Waals surface area contributed by atoms with E-state index in [1.54, 1.807) is 0 Å². The van der Waals surface area contributed by atoms with Gasteiger partial charge in [-0.1, -0.05) is 19.9 Å². The van der Waals surface area contributed by atoms with E-state index in [9.17, 15) is 0 Å². The van der Waals surface area contributed by atoms with Gasteiger partial charge in [-0.3, -0.25) is 4.90 Å². The van der Waals surface area contributed by atoms with Crippen molar-refractivity contribution in [2.45, 2.75) is 26.4 Å². The van der Waals surface area contributed by atoms with E-state index in [0.29, 0.717) is 12.6 Å². The molecule has 0 fully saturated rings. The summed E-state index contributed by atoms with van der Waals surface area (Å²) in [5.74, 6) is 0. The van der Waals surface area contributed by atoms with Crippen LogP contribution in [0.3, 0.4) is 0 Å². The quantitative estimate of drug-likeness (QED) is 0.832. The summed E-state index contributed by atoms with van der Waals surface area (Å²) in [6.07, 6.45) is 0. The summed E-state index contributed by atoms with van der Waals surface area (Å²) < 4.78 is 0. The maximum Gasteiger partial charge on any atom is 0.0478 e. The average molecular weight is 290 g/mol. The van der Waals surface area contributed by atoms with Gasteiger partial charge in [0.2, 0.25) is 0 Å². The molecule has 0 bridgehead atoms. The van der Waals surface area contributed by atoms with Gasteiger partial charge in [0.1, 0.15) is 0 Å². The molecule has 0 saturated carbocycles. The Bertz CT molecular complexity index is 454. The van der Waals surface area contributed by atoms with E-state index >= 15 is 0 Å². The molecule has 0 spiro atoms. The fraction of sp³-hybridized carbons (Fsp3) is 0.647. The molecule has 1 aromatic carbocycles. The van der Waals surface area contributed by atoms with Gasteiger partial charge < -0.3 is 15.5 Å². The molecule has 1 heterocycles. The van der Waals surface area contributed by atoms with E-state index in [4.69, 9.17) is 5.73 Å². The molecular formula is C17H30N4. The number of fused-ring (bicyclic) bond motifs is 1. The first kappa shape index (κ1) is 16.3. The van der Waals surface area contributed by atoms with Crippen molar-refractivity contribution in [2.24, 2.45) is 5.73 Å². The largest absolute Gasteiger partial charge is 0.378 e. The molecule has 2 N–H and O–H groups in total. The van der Waals surface area contributed by atoms with Crippen molar-refractivity contribution in [1.82, 2.24) is 9.80 Å². The molecule has 0 radical (unpaired) electrons. The summed E-state index contributed by atoms with van der Waals surface area (Å²) in [4.78, 5) is 7.16. The highest BCUT2D eigenvalue weighted by Gasteiger charge is 2.29. The predicted octanol–water partition coefficient (Wildman–Crippen LogP) is 1.91. The molecule has 1 aliphatic rings. The first-order valence-corrected chi connectivity index (χ1v) is 8.07. The second-order valence-corrected chi connectivity index (χ2v) is 6.03. The monoisotopic (exact) mass is 290 g/mol. The third kappa shape index (κ3) is 3.57. The number of hydrogen-bond acceptors (Lipinski definition) is 4. The molecule has 4 heteroatoms. The molecular weight excluding hydrogens is 260 g/mol. The molecule has 118 valence electrons. The highest BCUT2D eigenvalue weighted by atomic mass is 15.2. The lowest BCUT2D eigenvalue weighted by atomic mass is 10.0. The summed E-state index contributed by atoms with van der Waals surface area (Å²) in [6.45, 7) is 10.6. The normalized spacial score (nSPS) is 18.3. The van der Waals surface area contributed by atoms with Crippen molar-refractivity contribution < 1.29 is 0 Å². The summed E-state index contributed by atoms with van der Waals surface area (Å²) in [5.41, 5.74) is 10.2. The molecule has 0 aromatic heterocycles. The highest BCUT2D eigenvalue weighted by Crippen LogP contribution is 2.35. The van der Waals surface area contributed by atoms with Crippen LogP contribution in [0.4, 0.5) is 5.69 Å². The minimum atomic E-state index is 0.371. The molecule has 1 atom stereocenters. The molecule has 1 aromatic rings. The van der Waals surface area contributed by atoms with Gasteiger partial charge in [0, 0.05) is 52.0 Å². The van der Waals surface area contributed by atoms with Gasteiger partial charge in [0.25, 0.3) is 0 Å². The first-order chi connectivity index (χ1) is 10.1. The first-order valence-electron chi connectivity index (χ1n) is 8.07. The Hall–Kier alpha value is -1.10. The third-order valence-electron chi connectivity index (χ3n) is 4.64. The van der Waals surface area contributed by atoms with Crippen LogP contribution >= 0.6 is 0 Å². The van der Waals surface area contributed by atoms with E-state index < -0.39 is 0 Å². The summed E-state index contributed by atoms with van der Waals surface area (Å²) >= 11 is 0. The van der Waals surface area contributed by atoms with E-state index in [0.717, 1.165) is 32.7 Å². The Balaban J connectivity index is 2.10. The van der Waals surface area contributed by atoms with Crippen LogP contribution in [0.2, 0.25) is 0 Å². The minimum Gasteiger partial charge on any atom is -0.378 e. The molecule has 0 aliphatic carbocycles. The molecule has 1 aliphatic heterocycles. The maximum absolute atomic E-state index is 6.07. The van der Waals surface area contributed by atoms with Crippen LogP contribution in [-0.2, 0) is 6.54 Å². The van der Waals surface area contributed by atoms with Crippen LogP contribution in [0.15, 0.2) is 18.2 Å². The Labute approximate surface area is 129 Å². The second-order valence-electron chi connectivity index (χ2n) is 6.03. The van der Waals surface area contributed by atoms with Crippen molar-refractivity contribution in [3.05, 3.63) is 29.3 Å². The zero-order valence-electron chi connectivity index (χ0n) is 14.0. The van der Waals surface area contributed by atoms with Crippen LogP contribution < -0.4 is 10.6 Å². The highest BCUT2D eigenvalue weighted by molar-refractivity contribution is 5.52. The molecule has 21 heavy (non-hydrogen) atoms. The Morgan fingerprint density at radius 1 is 1.24 bits per heavy atom. The third-order valence-corrected chi connectivity index (χ3v) is 4.64. The van der Waals surface area contributed by atoms with Crippen molar-refractivity contribution in [1.29, 1.82) is 0 Å². The lowest BCUT2D eigenvalue weighted by Crippen LogP contribution is -2.36. The molecule has 4 nitrogen and oxygen atoms in total. The Morgan fingerprint density at radius 3 is 2.52 bits per heavy atom. The summed E-state index contributed by atoms with van der Waals surface area (Å²) in [5, 5.41) is 0. The second kappa shape index (κ2) is 7.25. The Morgan fingerprint density at radius 2 is 1.95 bits per heavy atom. The number of hydrogen-bond donors (Lipinski definition) is 1. The molecule has 1 unspecified atom stereocenters. The van der Waals surface area contributed by atoms with Crippen molar-refractivity contribution >= 4 is 5.69 Å². The SMILES string of the molecule is CCN(CC)CCN1Cc2ccc(N(C)C)cc2C1CN. The van der Waals surface area contributed by atoms with Gasteiger partial charge in [-0.05, 0) is 36.3 Å². The van der Waals surface area contributed by atoms with E-state index in [1.807, 2.05) is 0 Å². The van der Waals surface area contributed by atoms with Crippen molar-refractivity contribution in [3.63, 3.8) is 0 Å². The fourth-order valence-corrected chi connectivity index (χ4v) is 3.16. The van der Waals surface area contributed by atoms with Crippen LogP contribution in [0.25, 0.3) is 0 Å². The lowest BCUT2D eigenvalue weighted by Gasteiger charge is -2.27. The average Bonchev–Trinajstić information content (AvgIpc) is 2.84. The predicted molar refractivity (Wildman–Crippen MR) is 90.8 cm³/mol. The lowest BCUT2D eigenvalue weighted by molar-refractivity contribution is 0.180. The number of anilines is 1. The number of rotatable bonds is 7. The van der Waals surface area contributed by atoms with Gasteiger partial charge in [-0.2, -0.15) is 0 Å². The van der Waals surface area contributed by atoms with E-state index in [1.165, 1.54) is 16.8 Å². The summed E-state index contributed by atoms with van der Waals surface area (Å²) in [6, 6.07) is 7.16.